The highest BCUT2D eigenvalue weighted by atomic mass is 16.3. The first kappa shape index (κ1) is 31.2. The minimum Gasteiger partial charge on any atom is -0.452 e. The highest BCUT2D eigenvalue weighted by Crippen LogP contribution is 2.42. The highest BCUT2D eigenvalue weighted by Gasteiger charge is 2.24. The number of rotatable bonds is 4. The molecule has 7 heteroatoms. The Kier molecular flexibility index (Phi) is 6.32. The Morgan fingerprint density at radius 3 is 1.52 bits per heavy atom. The molecule has 0 radical (unpaired) electrons. The van der Waals surface area contributed by atoms with Gasteiger partial charge in [-0.2, -0.15) is 4.98 Å². The molecule has 13 rings (SSSR count). The summed E-state index contributed by atoms with van der Waals surface area (Å²) in [5.74, 6) is 2.09. The van der Waals surface area contributed by atoms with Crippen molar-refractivity contribution in [2.45, 2.75) is 0 Å². The molecule has 6 heterocycles. The molecule has 58 heavy (non-hydrogen) atoms. The Morgan fingerprint density at radius 2 is 0.897 bits per heavy atom. The second-order valence-electron chi connectivity index (χ2n) is 14.8. The number of fused-ring (bicyclic) bond motifs is 12. The molecule has 0 N–H and O–H groups in total. The Balaban J connectivity index is 1.18. The van der Waals surface area contributed by atoms with E-state index in [0.717, 1.165) is 99.5 Å². The van der Waals surface area contributed by atoms with E-state index < -0.39 is 0 Å². The summed E-state index contributed by atoms with van der Waals surface area (Å²) in [6, 6.07) is 61.5. The van der Waals surface area contributed by atoms with E-state index in [4.69, 9.17) is 19.4 Å². The molecule has 270 valence electrons. The van der Waals surface area contributed by atoms with E-state index in [0.29, 0.717) is 5.95 Å². The molecule has 0 bridgehead atoms. The molecule has 0 aliphatic heterocycles. The maximum absolute atomic E-state index is 6.63. The molecule has 0 saturated heterocycles. The number of hydrogen-bond donors (Lipinski definition) is 0. The minimum atomic E-state index is 0.587. The van der Waals surface area contributed by atoms with Gasteiger partial charge in [-0.15, -0.1) is 0 Å². The van der Waals surface area contributed by atoms with Crippen LogP contribution >= 0.6 is 0 Å². The van der Waals surface area contributed by atoms with Crippen LogP contribution in [0.1, 0.15) is 0 Å². The quantitative estimate of drug-likeness (QED) is 0.180. The summed E-state index contributed by atoms with van der Waals surface area (Å²) >= 11 is 0. The minimum absolute atomic E-state index is 0.587. The summed E-state index contributed by atoms with van der Waals surface area (Å²) in [6.07, 6.45) is 1.88. The van der Waals surface area contributed by atoms with Gasteiger partial charge >= 0.3 is 0 Å². The maximum atomic E-state index is 6.63. The molecular weight excluding hydrogens is 713 g/mol. The highest BCUT2D eigenvalue weighted by molar-refractivity contribution is 6.16. The molecule has 6 aromatic heterocycles. The van der Waals surface area contributed by atoms with Crippen LogP contribution in [0.25, 0.3) is 116 Å². The normalized spacial score (nSPS) is 12.1. The van der Waals surface area contributed by atoms with Crippen LogP contribution in [0, 0.1) is 0 Å². The lowest BCUT2D eigenvalue weighted by atomic mass is 10.1. The first-order valence-corrected chi connectivity index (χ1v) is 19.5. The van der Waals surface area contributed by atoms with Crippen molar-refractivity contribution in [1.29, 1.82) is 0 Å². The number of para-hydroxylation sites is 7. The van der Waals surface area contributed by atoms with Crippen LogP contribution in [-0.4, -0.2) is 28.7 Å². The second-order valence-corrected chi connectivity index (χ2v) is 14.8. The molecule has 0 unspecified atom stereocenters. The van der Waals surface area contributed by atoms with E-state index in [-0.39, 0.29) is 0 Å². The number of benzene rings is 7. The summed E-state index contributed by atoms with van der Waals surface area (Å²) in [4.78, 5) is 16.1. The Hall–Kier alpha value is -8.03. The van der Waals surface area contributed by atoms with Crippen LogP contribution in [0.5, 0.6) is 0 Å². The third-order valence-electron chi connectivity index (χ3n) is 11.7. The van der Waals surface area contributed by atoms with Crippen molar-refractivity contribution in [2.24, 2.45) is 0 Å². The predicted molar refractivity (Wildman–Crippen MR) is 236 cm³/mol. The second kappa shape index (κ2) is 11.7. The fourth-order valence-corrected chi connectivity index (χ4v) is 9.32. The van der Waals surface area contributed by atoms with Crippen LogP contribution in [0.2, 0.25) is 0 Å². The Bertz CT molecular complexity index is 3590. The van der Waals surface area contributed by atoms with Crippen molar-refractivity contribution < 1.29 is 4.42 Å². The number of hydrogen-bond acceptors (Lipinski definition) is 4. The van der Waals surface area contributed by atoms with Gasteiger partial charge in [0.15, 0.2) is 11.4 Å². The molecule has 7 nitrogen and oxygen atoms in total. The molecular formula is C51H30N6O. The number of nitrogens with zero attached hydrogens (tertiary/aromatic N) is 6. The summed E-state index contributed by atoms with van der Waals surface area (Å²) < 4.78 is 13.4. The molecule has 0 spiro atoms. The summed E-state index contributed by atoms with van der Waals surface area (Å²) in [5.41, 5.74) is 9.57. The van der Waals surface area contributed by atoms with Gasteiger partial charge in [0, 0.05) is 60.9 Å². The van der Waals surface area contributed by atoms with Crippen LogP contribution in [0.15, 0.2) is 187 Å². The molecule has 0 aliphatic carbocycles. The molecule has 0 atom stereocenters. The Morgan fingerprint density at radius 1 is 0.397 bits per heavy atom. The number of furan rings is 1. The van der Waals surface area contributed by atoms with Crippen molar-refractivity contribution in [3.8, 4) is 28.8 Å². The molecule has 0 aliphatic rings. The monoisotopic (exact) mass is 742 g/mol. The van der Waals surface area contributed by atoms with Gasteiger partial charge in [0.05, 0.1) is 38.8 Å². The number of aromatic nitrogens is 6. The standard InChI is InChI=1S/C51H30N6O/c1-7-22-41-31(14-1)32-15-2-8-23-42(32)55(41)47-30-40(53-51(54-47)56-43-24-9-3-16-33(43)34-17-4-10-25-44(34)56)39-21-13-20-37-35-18-5-11-26-45(35)57(48(37)39)50-49-38(28-29-52-50)36-19-6-12-27-46(36)58-49/h1-30H. The van der Waals surface area contributed by atoms with Gasteiger partial charge in [0.2, 0.25) is 5.95 Å². The van der Waals surface area contributed by atoms with Crippen molar-refractivity contribution in [1.82, 2.24) is 28.7 Å². The summed E-state index contributed by atoms with van der Waals surface area (Å²) in [6.45, 7) is 0. The zero-order chi connectivity index (χ0) is 37.9. The largest absolute Gasteiger partial charge is 0.452 e. The van der Waals surface area contributed by atoms with Crippen LogP contribution in [0.3, 0.4) is 0 Å². The van der Waals surface area contributed by atoms with E-state index in [1.54, 1.807) is 0 Å². The van der Waals surface area contributed by atoms with Crippen molar-refractivity contribution in [3.05, 3.63) is 182 Å². The SMILES string of the molecule is c1ccc2c(c1)oc1c(-n3c4ccccc4c4cccc(-c5cc(-n6c7ccccc7c7ccccc76)nc(-n6c7ccccc7c7ccccc76)n5)c43)nccc12. The van der Waals surface area contributed by atoms with Crippen molar-refractivity contribution in [2.75, 3.05) is 0 Å². The molecule has 0 amide bonds. The molecule has 13 aromatic rings. The smallest absolute Gasteiger partial charge is 0.237 e. The van der Waals surface area contributed by atoms with Crippen LogP contribution < -0.4 is 0 Å². The van der Waals surface area contributed by atoms with Gasteiger partial charge in [-0.3, -0.25) is 13.7 Å². The van der Waals surface area contributed by atoms with Crippen LogP contribution in [0.4, 0.5) is 0 Å². The van der Waals surface area contributed by atoms with Crippen molar-refractivity contribution in [3.63, 3.8) is 0 Å². The fourth-order valence-electron chi connectivity index (χ4n) is 9.32. The van der Waals surface area contributed by atoms with Gasteiger partial charge in [0.1, 0.15) is 11.4 Å². The van der Waals surface area contributed by atoms with E-state index in [1.165, 1.54) is 10.8 Å². The first-order chi connectivity index (χ1) is 28.8. The average Bonchev–Trinajstić information content (AvgIpc) is 4.03. The van der Waals surface area contributed by atoms with Gasteiger partial charge < -0.3 is 4.42 Å². The topological polar surface area (TPSA) is 66.6 Å². The van der Waals surface area contributed by atoms with E-state index in [9.17, 15) is 0 Å². The van der Waals surface area contributed by atoms with Gasteiger partial charge in [-0.1, -0.05) is 127 Å². The van der Waals surface area contributed by atoms with E-state index >= 15 is 0 Å². The first-order valence-electron chi connectivity index (χ1n) is 19.5. The van der Waals surface area contributed by atoms with Crippen LogP contribution in [-0.2, 0) is 0 Å². The summed E-state index contributed by atoms with van der Waals surface area (Å²) in [7, 11) is 0. The van der Waals surface area contributed by atoms with E-state index in [2.05, 4.69) is 171 Å². The molecule has 0 fully saturated rings. The van der Waals surface area contributed by atoms with Gasteiger partial charge in [0.25, 0.3) is 0 Å². The molecule has 0 saturated carbocycles. The third kappa shape index (κ3) is 4.24. The lowest BCUT2D eigenvalue weighted by Gasteiger charge is -2.15. The van der Waals surface area contributed by atoms with Gasteiger partial charge in [-0.25, -0.2) is 9.97 Å². The fraction of sp³-hybridized carbons (Fsp3) is 0. The Labute approximate surface area is 330 Å². The third-order valence-corrected chi connectivity index (χ3v) is 11.7. The van der Waals surface area contributed by atoms with Crippen molar-refractivity contribution >= 4 is 87.4 Å². The zero-order valence-corrected chi connectivity index (χ0v) is 30.9. The van der Waals surface area contributed by atoms with Gasteiger partial charge in [-0.05, 0) is 42.5 Å². The van der Waals surface area contributed by atoms with E-state index in [1.807, 2.05) is 24.4 Å². The average molecular weight is 743 g/mol. The molecule has 7 aromatic carbocycles. The number of pyridine rings is 1. The maximum Gasteiger partial charge on any atom is 0.237 e. The predicted octanol–water partition coefficient (Wildman–Crippen LogP) is 12.7. The summed E-state index contributed by atoms with van der Waals surface area (Å²) in [5, 5.41) is 8.94. The lowest BCUT2D eigenvalue weighted by molar-refractivity contribution is 0.663. The lowest BCUT2D eigenvalue weighted by Crippen LogP contribution is -2.08. The zero-order valence-electron chi connectivity index (χ0n) is 30.9.